The Kier molecular flexibility index (Phi) is 5.92. The van der Waals surface area contributed by atoms with Gasteiger partial charge in [-0.1, -0.05) is 42.5 Å². The highest BCUT2D eigenvalue weighted by Crippen LogP contribution is 2.41. The molecule has 194 valence electrons. The van der Waals surface area contributed by atoms with E-state index in [1.165, 1.54) is 25.5 Å². The van der Waals surface area contributed by atoms with E-state index in [1.807, 2.05) is 72.9 Å². The van der Waals surface area contributed by atoms with Crippen LogP contribution in [0.1, 0.15) is 6.92 Å². The molecule has 0 radical (unpaired) electrons. The third kappa shape index (κ3) is 4.42. The molecule has 0 aliphatic rings. The Morgan fingerprint density at radius 3 is 2.44 bits per heavy atom. The summed E-state index contributed by atoms with van der Waals surface area (Å²) in [6.07, 6.45) is 4.35. The molecule has 1 amide bonds. The normalized spacial score (nSPS) is 11.6. The van der Waals surface area contributed by atoms with Crippen molar-refractivity contribution in [1.29, 1.82) is 0 Å². The Balaban J connectivity index is 1.55. The van der Waals surface area contributed by atoms with Crippen LogP contribution in [0.25, 0.3) is 44.2 Å². The van der Waals surface area contributed by atoms with Gasteiger partial charge in [0.15, 0.2) is 0 Å². The molecule has 2 N–H and O–H groups in total. The number of nitrogens with zero attached hydrogens (tertiary/aromatic N) is 2. The monoisotopic (exact) mass is 536 g/mol. The van der Waals surface area contributed by atoms with Crippen LogP contribution in [0.15, 0.2) is 107 Å². The van der Waals surface area contributed by atoms with Crippen molar-refractivity contribution in [2.75, 3.05) is 16.7 Å². The number of furan rings is 1. The fourth-order valence-electron chi connectivity index (χ4n) is 4.71. The first kappa shape index (κ1) is 24.4. The van der Waals surface area contributed by atoms with Gasteiger partial charge in [0.25, 0.3) is 10.0 Å². The van der Waals surface area contributed by atoms with Crippen molar-refractivity contribution in [1.82, 2.24) is 9.97 Å². The fraction of sp³-hybridized carbons (Fsp3) is 0.0667. The smallest absolute Gasteiger partial charge is 0.265 e. The van der Waals surface area contributed by atoms with E-state index < -0.39 is 10.0 Å². The van der Waals surface area contributed by atoms with Crippen LogP contribution in [0.3, 0.4) is 0 Å². The van der Waals surface area contributed by atoms with Crippen LogP contribution >= 0.6 is 0 Å². The van der Waals surface area contributed by atoms with Gasteiger partial charge in [-0.3, -0.25) is 9.52 Å². The highest BCUT2D eigenvalue weighted by atomic mass is 32.2. The zero-order chi connectivity index (χ0) is 27.1. The lowest BCUT2D eigenvalue weighted by molar-refractivity contribution is -0.116. The summed E-state index contributed by atoms with van der Waals surface area (Å²) in [6.45, 7) is 1.53. The van der Waals surface area contributed by atoms with Crippen LogP contribution in [0.5, 0.6) is 0 Å². The highest BCUT2D eigenvalue weighted by molar-refractivity contribution is 7.92. The molecule has 0 unspecified atom stereocenters. The maximum atomic E-state index is 12.8. The molecule has 0 saturated carbocycles. The van der Waals surface area contributed by atoms with Gasteiger partial charge in [0.05, 0.1) is 6.26 Å². The van der Waals surface area contributed by atoms with E-state index >= 15 is 0 Å². The molecule has 6 aromatic rings. The fourth-order valence-corrected chi connectivity index (χ4v) is 5.68. The number of nitrogens with one attached hydrogen (secondary N) is 2. The summed E-state index contributed by atoms with van der Waals surface area (Å²) >= 11 is 0. The number of hydrogen-bond donors (Lipinski definition) is 2. The quantitative estimate of drug-likeness (QED) is 0.255. The number of rotatable bonds is 6. The highest BCUT2D eigenvalue weighted by Gasteiger charge is 2.20. The van der Waals surface area contributed by atoms with Crippen molar-refractivity contribution in [3.8, 4) is 22.3 Å². The number of H-pyrrole nitrogens is 1. The number of fused-ring (bicyclic) bond motifs is 3. The predicted molar refractivity (Wildman–Crippen MR) is 153 cm³/mol. The van der Waals surface area contributed by atoms with Gasteiger partial charge >= 0.3 is 0 Å². The van der Waals surface area contributed by atoms with Crippen molar-refractivity contribution >= 4 is 49.2 Å². The molecule has 0 bridgehead atoms. The summed E-state index contributed by atoms with van der Waals surface area (Å²) in [5.41, 5.74) is 6.55. The van der Waals surface area contributed by atoms with Crippen LogP contribution in [-0.4, -0.2) is 31.3 Å². The summed E-state index contributed by atoms with van der Waals surface area (Å²) in [5.74, 6) is -0.0474. The van der Waals surface area contributed by atoms with Crippen LogP contribution < -0.4 is 9.62 Å². The second kappa shape index (κ2) is 9.45. The van der Waals surface area contributed by atoms with E-state index in [2.05, 4.69) is 9.71 Å². The summed E-state index contributed by atoms with van der Waals surface area (Å²) in [7, 11) is -2.06. The topological polar surface area (TPSA) is 108 Å². The lowest BCUT2D eigenvalue weighted by Gasteiger charge is -2.16. The first-order valence-corrected chi connectivity index (χ1v) is 13.7. The van der Waals surface area contributed by atoms with Crippen molar-refractivity contribution in [3.63, 3.8) is 0 Å². The minimum absolute atomic E-state index is 0.0474. The second-order valence-corrected chi connectivity index (χ2v) is 10.9. The van der Waals surface area contributed by atoms with E-state index in [4.69, 9.17) is 9.40 Å². The minimum atomic E-state index is -3.80. The Bertz CT molecular complexity index is 1930. The van der Waals surface area contributed by atoms with Crippen LogP contribution in [-0.2, 0) is 14.8 Å². The molecule has 0 atom stereocenters. The van der Waals surface area contributed by atoms with Gasteiger partial charge in [0.2, 0.25) is 5.91 Å². The SMILES string of the molecule is CC(=O)N(C)c1ccc(-c2cnc3[nH]c4ccc(NS(=O)(=O)c5ccoc5)cc4c3c2-c2ccccc2)cc1. The van der Waals surface area contributed by atoms with Crippen LogP contribution in [0, 0.1) is 0 Å². The molecule has 3 aromatic carbocycles. The van der Waals surface area contributed by atoms with E-state index in [1.54, 1.807) is 18.0 Å². The molecule has 6 rings (SSSR count). The summed E-state index contributed by atoms with van der Waals surface area (Å²) in [5, 5.41) is 1.71. The molecule has 9 heteroatoms. The predicted octanol–water partition coefficient (Wildman–Crippen LogP) is 6.43. The lowest BCUT2D eigenvalue weighted by atomic mass is 9.92. The summed E-state index contributed by atoms with van der Waals surface area (Å²) in [6, 6.07) is 24.5. The molecule has 0 aliphatic carbocycles. The lowest BCUT2D eigenvalue weighted by Crippen LogP contribution is -2.22. The number of carbonyl (C=O) groups excluding carboxylic acids is 1. The number of pyridine rings is 1. The number of sulfonamides is 1. The first-order chi connectivity index (χ1) is 18.8. The Morgan fingerprint density at radius 1 is 0.974 bits per heavy atom. The summed E-state index contributed by atoms with van der Waals surface area (Å²) in [4.78, 5) is 21.6. The number of anilines is 2. The van der Waals surface area contributed by atoms with Crippen LogP contribution in [0.2, 0.25) is 0 Å². The van der Waals surface area contributed by atoms with Gasteiger partial charge in [-0.15, -0.1) is 0 Å². The molecule has 0 saturated heterocycles. The third-order valence-electron chi connectivity index (χ3n) is 6.78. The van der Waals surface area contributed by atoms with E-state index in [0.29, 0.717) is 11.3 Å². The molecular weight excluding hydrogens is 512 g/mol. The van der Waals surface area contributed by atoms with Crippen molar-refractivity contribution in [2.45, 2.75) is 11.8 Å². The number of hydrogen-bond acceptors (Lipinski definition) is 5. The molecule has 0 fully saturated rings. The van der Waals surface area contributed by atoms with Crippen molar-refractivity contribution in [2.24, 2.45) is 0 Å². The van der Waals surface area contributed by atoms with Crippen molar-refractivity contribution in [3.05, 3.63) is 97.6 Å². The maximum absolute atomic E-state index is 12.8. The zero-order valence-corrected chi connectivity index (χ0v) is 22.0. The molecule has 0 spiro atoms. The number of aromatic nitrogens is 2. The molecular formula is C30H24N4O4S. The van der Waals surface area contributed by atoms with Gasteiger partial charge in [-0.25, -0.2) is 13.4 Å². The van der Waals surface area contributed by atoms with Crippen molar-refractivity contribution < 1.29 is 17.6 Å². The summed E-state index contributed by atoms with van der Waals surface area (Å²) < 4.78 is 33.3. The Morgan fingerprint density at radius 2 is 1.74 bits per heavy atom. The third-order valence-corrected chi connectivity index (χ3v) is 8.14. The van der Waals surface area contributed by atoms with Gasteiger partial charge in [-0.2, -0.15) is 0 Å². The van der Waals surface area contributed by atoms with Gasteiger partial charge < -0.3 is 14.3 Å². The average Bonchev–Trinajstić information content (AvgIpc) is 3.62. The molecule has 3 aromatic heterocycles. The maximum Gasteiger partial charge on any atom is 0.265 e. The molecule has 39 heavy (non-hydrogen) atoms. The Hall–Kier alpha value is -4.89. The molecule has 8 nitrogen and oxygen atoms in total. The minimum Gasteiger partial charge on any atom is -0.471 e. The van der Waals surface area contributed by atoms with Gasteiger partial charge in [0.1, 0.15) is 16.8 Å². The van der Waals surface area contributed by atoms with E-state index in [-0.39, 0.29) is 10.8 Å². The number of carbonyl (C=O) groups is 1. The standard InChI is InChI=1S/C30H24N4O4S/c1-19(35)34(2)23-11-8-20(9-12-23)26-17-31-30-29(28(26)21-6-4-3-5-7-21)25-16-22(10-13-27(25)32-30)33-39(36,37)24-14-15-38-18-24/h3-18,33H,1-2H3,(H,31,32). The number of aromatic amines is 1. The van der Waals surface area contributed by atoms with Crippen LogP contribution in [0.4, 0.5) is 11.4 Å². The second-order valence-electron chi connectivity index (χ2n) is 9.21. The number of amides is 1. The van der Waals surface area contributed by atoms with E-state index in [0.717, 1.165) is 44.2 Å². The first-order valence-electron chi connectivity index (χ1n) is 12.2. The van der Waals surface area contributed by atoms with E-state index in [9.17, 15) is 13.2 Å². The van der Waals surface area contributed by atoms with Gasteiger partial charge in [-0.05, 0) is 47.5 Å². The molecule has 3 heterocycles. The average molecular weight is 537 g/mol. The Labute approximate surface area is 225 Å². The number of benzene rings is 3. The zero-order valence-electron chi connectivity index (χ0n) is 21.2. The molecule has 0 aliphatic heterocycles. The van der Waals surface area contributed by atoms with Gasteiger partial charge in [0, 0.05) is 59.0 Å². The largest absolute Gasteiger partial charge is 0.471 e.